The van der Waals surface area contributed by atoms with Gasteiger partial charge in [0.25, 0.3) is 0 Å². The van der Waals surface area contributed by atoms with Gasteiger partial charge in [-0.15, -0.1) is 0 Å². The van der Waals surface area contributed by atoms with Crippen LogP contribution in [-0.2, 0) is 9.53 Å². The van der Waals surface area contributed by atoms with E-state index in [0.29, 0.717) is 19.1 Å². The van der Waals surface area contributed by atoms with Crippen LogP contribution >= 0.6 is 0 Å². The van der Waals surface area contributed by atoms with E-state index in [1.54, 1.807) is 0 Å². The maximum absolute atomic E-state index is 11.4. The van der Waals surface area contributed by atoms with E-state index in [9.17, 15) is 9.59 Å². The van der Waals surface area contributed by atoms with E-state index in [4.69, 9.17) is 9.84 Å². The monoisotopic (exact) mass is 260 g/mol. The number of carboxylic acid groups (broad SMARTS) is 1. The van der Waals surface area contributed by atoms with Gasteiger partial charge in [0.05, 0.1) is 0 Å². The van der Waals surface area contributed by atoms with E-state index in [1.807, 2.05) is 0 Å². The highest BCUT2D eigenvalue weighted by molar-refractivity contribution is 5.82. The molecule has 0 aromatic rings. The van der Waals surface area contributed by atoms with E-state index >= 15 is 0 Å². The van der Waals surface area contributed by atoms with Gasteiger partial charge in [-0.2, -0.15) is 0 Å². The second-order valence-corrected chi connectivity index (χ2v) is 4.61. The number of carboxylic acids is 1. The predicted molar refractivity (Wildman–Crippen MR) is 68.5 cm³/mol. The molecule has 0 radical (unpaired) electrons. The lowest BCUT2D eigenvalue weighted by Crippen LogP contribution is -2.46. The van der Waals surface area contributed by atoms with Gasteiger partial charge < -0.3 is 20.5 Å². The molecule has 0 aliphatic heterocycles. The van der Waals surface area contributed by atoms with Gasteiger partial charge in [-0.05, 0) is 18.8 Å². The van der Waals surface area contributed by atoms with Gasteiger partial charge in [0.1, 0.15) is 6.04 Å². The van der Waals surface area contributed by atoms with Crippen LogP contribution in [0.25, 0.3) is 0 Å². The molecule has 106 valence electrons. The standard InChI is InChI=1S/C12H24N2O4/c1-9(2)5-4-7-13-12(17)14-10(11(15)16)6-8-18-3/h9-10H,4-8H2,1-3H3,(H,15,16)(H2,13,14,17). The zero-order chi connectivity index (χ0) is 14.0. The minimum absolute atomic E-state index is 0.255. The molecule has 0 bridgehead atoms. The zero-order valence-electron chi connectivity index (χ0n) is 11.4. The molecule has 0 saturated heterocycles. The lowest BCUT2D eigenvalue weighted by atomic mass is 10.1. The third kappa shape index (κ3) is 8.81. The van der Waals surface area contributed by atoms with Crippen molar-refractivity contribution in [2.45, 2.75) is 39.2 Å². The van der Waals surface area contributed by atoms with Crippen molar-refractivity contribution in [2.24, 2.45) is 5.92 Å². The average molecular weight is 260 g/mol. The smallest absolute Gasteiger partial charge is 0.326 e. The summed E-state index contributed by atoms with van der Waals surface area (Å²) in [6, 6.07) is -1.35. The minimum Gasteiger partial charge on any atom is -0.480 e. The molecule has 0 saturated carbocycles. The Kier molecular flexibility index (Phi) is 9.00. The van der Waals surface area contributed by atoms with Gasteiger partial charge in [-0.1, -0.05) is 13.8 Å². The summed E-state index contributed by atoms with van der Waals surface area (Å²) in [4.78, 5) is 22.3. The van der Waals surface area contributed by atoms with Gasteiger partial charge >= 0.3 is 12.0 Å². The van der Waals surface area contributed by atoms with Crippen LogP contribution in [0.1, 0.15) is 33.1 Å². The maximum Gasteiger partial charge on any atom is 0.326 e. The molecule has 0 aliphatic carbocycles. The molecule has 0 aliphatic rings. The third-order valence-corrected chi connectivity index (χ3v) is 2.46. The molecule has 0 spiro atoms. The first-order valence-electron chi connectivity index (χ1n) is 6.23. The number of aliphatic carboxylic acids is 1. The highest BCUT2D eigenvalue weighted by Gasteiger charge is 2.18. The summed E-state index contributed by atoms with van der Waals surface area (Å²) in [5.41, 5.74) is 0. The molecule has 0 rings (SSSR count). The molecule has 2 amide bonds. The molecule has 18 heavy (non-hydrogen) atoms. The Morgan fingerprint density at radius 1 is 1.28 bits per heavy atom. The lowest BCUT2D eigenvalue weighted by molar-refractivity contribution is -0.139. The van der Waals surface area contributed by atoms with Crippen molar-refractivity contribution in [2.75, 3.05) is 20.3 Å². The Morgan fingerprint density at radius 2 is 1.94 bits per heavy atom. The second-order valence-electron chi connectivity index (χ2n) is 4.61. The third-order valence-electron chi connectivity index (χ3n) is 2.46. The number of nitrogens with one attached hydrogen (secondary N) is 2. The molecule has 0 fully saturated rings. The van der Waals surface area contributed by atoms with Gasteiger partial charge in [-0.3, -0.25) is 0 Å². The Hall–Kier alpha value is -1.30. The van der Waals surface area contributed by atoms with Crippen LogP contribution in [0.2, 0.25) is 0 Å². The van der Waals surface area contributed by atoms with Crippen molar-refractivity contribution in [3.05, 3.63) is 0 Å². The molecule has 3 N–H and O–H groups in total. The summed E-state index contributed by atoms with van der Waals surface area (Å²) in [6.07, 6.45) is 2.18. The van der Waals surface area contributed by atoms with Crippen molar-refractivity contribution in [1.82, 2.24) is 10.6 Å². The van der Waals surface area contributed by atoms with Crippen molar-refractivity contribution in [3.8, 4) is 0 Å². The summed E-state index contributed by atoms with van der Waals surface area (Å²) in [6.45, 7) is 5.09. The number of hydrogen-bond donors (Lipinski definition) is 3. The summed E-state index contributed by atoms with van der Waals surface area (Å²) in [5, 5.41) is 14.0. The number of hydrogen-bond acceptors (Lipinski definition) is 3. The summed E-state index contributed by atoms with van der Waals surface area (Å²) in [7, 11) is 1.49. The summed E-state index contributed by atoms with van der Waals surface area (Å²) < 4.78 is 4.79. The fourth-order valence-corrected chi connectivity index (χ4v) is 1.41. The van der Waals surface area contributed by atoms with Crippen molar-refractivity contribution < 1.29 is 19.4 Å². The second kappa shape index (κ2) is 9.70. The largest absolute Gasteiger partial charge is 0.480 e. The number of carbonyl (C=O) groups is 2. The van der Waals surface area contributed by atoms with Gasteiger partial charge in [-0.25, -0.2) is 9.59 Å². The Labute approximate surface area is 108 Å². The fraction of sp³-hybridized carbons (Fsp3) is 0.833. The molecule has 0 heterocycles. The van der Waals surface area contributed by atoms with E-state index in [1.165, 1.54) is 7.11 Å². The molecule has 6 nitrogen and oxygen atoms in total. The van der Waals surface area contributed by atoms with Crippen LogP contribution in [0.5, 0.6) is 0 Å². The predicted octanol–water partition coefficient (Wildman–Crippen LogP) is 1.21. The zero-order valence-corrected chi connectivity index (χ0v) is 11.4. The van der Waals surface area contributed by atoms with Crippen LogP contribution in [0.4, 0.5) is 4.79 Å². The minimum atomic E-state index is -1.05. The highest BCUT2D eigenvalue weighted by Crippen LogP contribution is 2.01. The number of rotatable bonds is 9. The van der Waals surface area contributed by atoms with Crippen molar-refractivity contribution >= 4 is 12.0 Å². The molecular formula is C12H24N2O4. The molecule has 1 atom stereocenters. The average Bonchev–Trinajstić information content (AvgIpc) is 2.29. The van der Waals surface area contributed by atoms with Crippen LogP contribution in [0, 0.1) is 5.92 Å². The molecule has 6 heteroatoms. The number of amides is 2. The van der Waals surface area contributed by atoms with Crippen LogP contribution < -0.4 is 10.6 Å². The topological polar surface area (TPSA) is 87.7 Å². The van der Waals surface area contributed by atoms with Gasteiger partial charge in [0.2, 0.25) is 0 Å². The summed E-state index contributed by atoms with van der Waals surface area (Å²) >= 11 is 0. The maximum atomic E-state index is 11.4. The van der Waals surface area contributed by atoms with Crippen molar-refractivity contribution in [1.29, 1.82) is 0 Å². The summed E-state index contributed by atoms with van der Waals surface area (Å²) in [5.74, 6) is -0.451. The molecule has 0 aromatic carbocycles. The van der Waals surface area contributed by atoms with Gasteiger partial charge in [0, 0.05) is 26.7 Å². The van der Waals surface area contributed by atoms with E-state index in [2.05, 4.69) is 24.5 Å². The normalized spacial score (nSPS) is 12.2. The fourth-order valence-electron chi connectivity index (χ4n) is 1.41. The van der Waals surface area contributed by atoms with Crippen molar-refractivity contribution in [3.63, 3.8) is 0 Å². The van der Waals surface area contributed by atoms with Crippen LogP contribution in [0.15, 0.2) is 0 Å². The Bertz CT molecular complexity index is 256. The Balaban J connectivity index is 3.84. The highest BCUT2D eigenvalue weighted by atomic mass is 16.5. The molecule has 0 aromatic heterocycles. The molecule has 1 unspecified atom stereocenters. The number of ether oxygens (including phenoxy) is 1. The van der Waals surface area contributed by atoms with Crippen LogP contribution in [0.3, 0.4) is 0 Å². The van der Waals surface area contributed by atoms with E-state index < -0.39 is 18.0 Å². The number of carbonyl (C=O) groups excluding carboxylic acids is 1. The van der Waals surface area contributed by atoms with Gasteiger partial charge in [0.15, 0.2) is 0 Å². The van der Waals surface area contributed by atoms with Crippen LogP contribution in [-0.4, -0.2) is 43.4 Å². The quantitative estimate of drug-likeness (QED) is 0.544. The van der Waals surface area contributed by atoms with E-state index in [-0.39, 0.29) is 6.42 Å². The first-order valence-corrected chi connectivity index (χ1v) is 6.23. The SMILES string of the molecule is COCCC(NC(=O)NCCCC(C)C)C(=O)O. The lowest BCUT2D eigenvalue weighted by Gasteiger charge is -2.14. The van der Waals surface area contributed by atoms with E-state index in [0.717, 1.165) is 12.8 Å². The first-order chi connectivity index (χ1) is 8.47. The first kappa shape index (κ1) is 16.7. The molecular weight excluding hydrogens is 236 g/mol. The Morgan fingerprint density at radius 3 is 2.44 bits per heavy atom. The number of methoxy groups -OCH3 is 1. The number of urea groups is 1.